The number of halogens is 3. The molecule has 0 radical (unpaired) electrons. The summed E-state index contributed by atoms with van der Waals surface area (Å²) >= 11 is 0. The number of ether oxygens (including phenoxy) is 3. The highest BCUT2D eigenvalue weighted by Crippen LogP contribution is 2.40. The number of hydrogen-bond donors (Lipinski definition) is 3. The monoisotopic (exact) mass is 612 g/mol. The minimum Gasteiger partial charge on any atom is -0.507 e. The van der Waals surface area contributed by atoms with E-state index in [-0.39, 0.29) is 54.5 Å². The first-order valence-corrected chi connectivity index (χ1v) is 12.9. The zero-order valence-electron chi connectivity index (χ0n) is 22.0. The fraction of sp³-hybridized carbons (Fsp3) is 0.393. The summed E-state index contributed by atoms with van der Waals surface area (Å²) in [6.45, 7) is 8.97. The van der Waals surface area contributed by atoms with Crippen LogP contribution >= 0.6 is 37.2 Å². The van der Waals surface area contributed by atoms with Gasteiger partial charge in [0.25, 0.3) is 0 Å². The van der Waals surface area contributed by atoms with Crippen LogP contribution in [0.25, 0.3) is 17.0 Å². The molecule has 0 bridgehead atoms. The van der Waals surface area contributed by atoms with Crippen molar-refractivity contribution in [2.45, 2.75) is 6.54 Å². The zero-order chi connectivity index (χ0) is 25.2. The Balaban J connectivity index is 0.00000147. The summed E-state index contributed by atoms with van der Waals surface area (Å²) in [4.78, 5) is 21.1. The highest BCUT2D eigenvalue weighted by Gasteiger charge is 2.32. The van der Waals surface area contributed by atoms with E-state index >= 15 is 0 Å². The molecule has 1 aromatic heterocycles. The quantitative estimate of drug-likeness (QED) is 0.346. The minimum atomic E-state index is -0.177. The average Bonchev–Trinajstić information content (AvgIpc) is 3.47. The predicted molar refractivity (Wildman–Crippen MR) is 162 cm³/mol. The van der Waals surface area contributed by atoms with Crippen LogP contribution in [0, 0.1) is 0 Å². The number of ketones is 1. The molecular formula is C28H35Cl3N4O5. The summed E-state index contributed by atoms with van der Waals surface area (Å²) in [6, 6.07) is 9.16. The van der Waals surface area contributed by atoms with Crippen molar-refractivity contribution >= 4 is 60.0 Å². The molecule has 2 aromatic carbocycles. The topological polar surface area (TPSA) is 99.3 Å². The molecule has 0 aliphatic carbocycles. The number of benzene rings is 2. The number of carbonyl (C=O) groups excluding carboxylic acids is 1. The van der Waals surface area contributed by atoms with E-state index in [1.165, 1.54) is 0 Å². The number of allylic oxidation sites excluding steroid dienone is 1. The molecule has 0 saturated carbocycles. The molecule has 40 heavy (non-hydrogen) atoms. The van der Waals surface area contributed by atoms with Gasteiger partial charge in [0.2, 0.25) is 5.78 Å². The number of piperazine rings is 1. The van der Waals surface area contributed by atoms with Gasteiger partial charge in [0.15, 0.2) is 5.76 Å². The predicted octanol–water partition coefficient (Wildman–Crippen LogP) is 3.87. The molecule has 3 aliphatic heterocycles. The van der Waals surface area contributed by atoms with E-state index in [4.69, 9.17) is 14.2 Å². The Labute approximate surface area is 252 Å². The zero-order valence-corrected chi connectivity index (χ0v) is 24.5. The van der Waals surface area contributed by atoms with Crippen molar-refractivity contribution in [3.63, 3.8) is 0 Å². The molecule has 218 valence electrons. The van der Waals surface area contributed by atoms with E-state index < -0.39 is 0 Å². The highest BCUT2D eigenvalue weighted by molar-refractivity contribution is 6.15. The Bertz CT molecular complexity index is 1340. The molecule has 9 nitrogen and oxygen atoms in total. The summed E-state index contributed by atoms with van der Waals surface area (Å²) in [5.74, 6) is 1.47. The van der Waals surface area contributed by atoms with Crippen molar-refractivity contribution < 1.29 is 24.1 Å². The van der Waals surface area contributed by atoms with Gasteiger partial charge in [-0.3, -0.25) is 14.6 Å². The van der Waals surface area contributed by atoms with Crippen molar-refractivity contribution in [1.29, 1.82) is 0 Å². The van der Waals surface area contributed by atoms with Crippen LogP contribution in [-0.4, -0.2) is 91.3 Å². The highest BCUT2D eigenvalue weighted by atomic mass is 35.5. The molecule has 2 saturated heterocycles. The summed E-state index contributed by atoms with van der Waals surface area (Å²) in [7, 11) is 0. The summed E-state index contributed by atoms with van der Waals surface area (Å²) < 4.78 is 17.5. The van der Waals surface area contributed by atoms with Gasteiger partial charge < -0.3 is 29.6 Å². The smallest absolute Gasteiger partial charge is 0.231 e. The number of rotatable bonds is 7. The van der Waals surface area contributed by atoms with E-state index in [2.05, 4.69) is 20.1 Å². The van der Waals surface area contributed by atoms with Crippen molar-refractivity contribution in [3.8, 4) is 17.2 Å². The van der Waals surface area contributed by atoms with Crippen molar-refractivity contribution in [1.82, 2.24) is 20.1 Å². The maximum absolute atomic E-state index is 13.2. The van der Waals surface area contributed by atoms with Crippen molar-refractivity contribution in [2.75, 3.05) is 65.6 Å². The number of hydrogen-bond acceptors (Lipinski definition) is 8. The third kappa shape index (κ3) is 6.86. The summed E-state index contributed by atoms with van der Waals surface area (Å²) in [5, 5.41) is 14.9. The lowest BCUT2D eigenvalue weighted by Crippen LogP contribution is -2.42. The number of phenolic OH excluding ortho intramolecular Hbond substituents is 1. The molecule has 3 aliphatic rings. The number of aromatic amines is 1. The molecule has 0 amide bonds. The van der Waals surface area contributed by atoms with Crippen LogP contribution in [0.15, 0.2) is 42.3 Å². The van der Waals surface area contributed by atoms with Crippen molar-refractivity contribution in [2.24, 2.45) is 0 Å². The van der Waals surface area contributed by atoms with Crippen LogP contribution in [0.5, 0.6) is 17.2 Å². The molecule has 0 spiro atoms. The number of aromatic nitrogens is 1. The maximum atomic E-state index is 13.2. The van der Waals surface area contributed by atoms with Gasteiger partial charge in [-0.25, -0.2) is 0 Å². The Hall–Kier alpha value is -2.50. The number of nitrogens with one attached hydrogen (secondary N) is 2. The van der Waals surface area contributed by atoms with Gasteiger partial charge in [-0.2, -0.15) is 0 Å². The normalized spacial score (nSPS) is 18.4. The molecule has 6 rings (SSSR count). The van der Waals surface area contributed by atoms with Gasteiger partial charge in [-0.15, -0.1) is 37.2 Å². The molecule has 0 unspecified atom stereocenters. The third-order valence-electron chi connectivity index (χ3n) is 7.26. The summed E-state index contributed by atoms with van der Waals surface area (Å²) in [6.07, 6.45) is 3.64. The second-order valence-electron chi connectivity index (χ2n) is 9.66. The summed E-state index contributed by atoms with van der Waals surface area (Å²) in [5.41, 5.74) is 2.94. The first-order valence-electron chi connectivity index (χ1n) is 12.9. The second-order valence-corrected chi connectivity index (χ2v) is 9.66. The number of carbonyl (C=O) groups is 1. The number of H-pyrrole nitrogens is 1. The van der Waals surface area contributed by atoms with Gasteiger partial charge in [0.05, 0.1) is 24.3 Å². The number of nitrogens with zero attached hydrogens (tertiary/aromatic N) is 2. The standard InChI is InChI=1S/C28H32N4O5.3ClH/c33-25-4-2-21-27(34)26(37-28(21)23(25)18-32-7-5-29-6-8-32)15-19-17-30-24-3-1-20(16-22(19)24)36-14-11-31-9-12-35-13-10-31;;;/h1-4,15-17,29-30,33H,5-14,18H2;3*1H/b26-15-;;;. The minimum absolute atomic E-state index is 0. The number of morpholine rings is 1. The van der Waals surface area contributed by atoms with Gasteiger partial charge in [-0.05, 0) is 36.4 Å². The van der Waals surface area contributed by atoms with Crippen LogP contribution in [-0.2, 0) is 11.3 Å². The number of Topliss-reactive ketones (excluding diaryl/α,β-unsaturated/α-hetero) is 1. The first kappa shape index (κ1) is 32.0. The molecule has 4 heterocycles. The van der Waals surface area contributed by atoms with E-state index in [9.17, 15) is 9.90 Å². The van der Waals surface area contributed by atoms with E-state index in [1.54, 1.807) is 18.2 Å². The fourth-order valence-corrected chi connectivity index (χ4v) is 5.13. The average molecular weight is 614 g/mol. The lowest BCUT2D eigenvalue weighted by atomic mass is 10.0. The van der Waals surface area contributed by atoms with Crippen LogP contribution in [0.1, 0.15) is 21.5 Å². The third-order valence-corrected chi connectivity index (χ3v) is 7.26. The van der Waals surface area contributed by atoms with E-state index in [0.29, 0.717) is 30.0 Å². The SMILES string of the molecule is Cl.Cl.Cl.O=C1/C(=C/c2c[nH]c3ccc(OCCN4CCOCC4)cc23)Oc2c1ccc(O)c2CN1CCNCC1. The van der Waals surface area contributed by atoms with Crippen LogP contribution in [0.4, 0.5) is 0 Å². The first-order chi connectivity index (χ1) is 18.2. The second kappa shape index (κ2) is 14.4. The van der Waals surface area contributed by atoms with Crippen LogP contribution in [0.2, 0.25) is 0 Å². The molecule has 12 heteroatoms. The van der Waals surface area contributed by atoms with E-state index in [1.807, 2.05) is 24.4 Å². The van der Waals surface area contributed by atoms with Crippen molar-refractivity contribution in [3.05, 3.63) is 59.0 Å². The van der Waals surface area contributed by atoms with E-state index in [0.717, 1.165) is 81.2 Å². The number of fused-ring (bicyclic) bond motifs is 2. The van der Waals surface area contributed by atoms with Crippen LogP contribution in [0.3, 0.4) is 0 Å². The Kier molecular flexibility index (Phi) is 11.5. The molecule has 2 fully saturated rings. The maximum Gasteiger partial charge on any atom is 0.231 e. The lowest BCUT2D eigenvalue weighted by molar-refractivity contribution is 0.0322. The Morgan fingerprint density at radius 1 is 1.00 bits per heavy atom. The van der Waals surface area contributed by atoms with Gasteiger partial charge in [0, 0.05) is 75.0 Å². The molecule has 3 N–H and O–H groups in total. The fourth-order valence-electron chi connectivity index (χ4n) is 5.13. The largest absolute Gasteiger partial charge is 0.507 e. The molecule has 0 atom stereocenters. The molecular weight excluding hydrogens is 579 g/mol. The lowest BCUT2D eigenvalue weighted by Gasteiger charge is -2.27. The van der Waals surface area contributed by atoms with Gasteiger partial charge in [0.1, 0.15) is 23.9 Å². The Morgan fingerprint density at radius 2 is 1.77 bits per heavy atom. The van der Waals surface area contributed by atoms with Gasteiger partial charge in [-0.1, -0.05) is 0 Å². The number of phenols is 1. The van der Waals surface area contributed by atoms with Gasteiger partial charge >= 0.3 is 0 Å². The number of aromatic hydroxyl groups is 1. The Morgan fingerprint density at radius 3 is 2.55 bits per heavy atom. The molecule has 3 aromatic rings. The van der Waals surface area contributed by atoms with Crippen LogP contribution < -0.4 is 14.8 Å².